The highest BCUT2D eigenvalue weighted by atomic mass is 16.3. The fourth-order valence-corrected chi connectivity index (χ4v) is 2.39. The molecule has 3 rings (SSSR count). The molecular weight excluding hydrogens is 266 g/mol. The van der Waals surface area contributed by atoms with Gasteiger partial charge in [0.25, 0.3) is 5.91 Å². The fraction of sp³-hybridized carbons (Fsp3) is 0.375. The van der Waals surface area contributed by atoms with Gasteiger partial charge in [0.1, 0.15) is 5.69 Å². The Morgan fingerprint density at radius 2 is 2.10 bits per heavy atom. The van der Waals surface area contributed by atoms with Crippen LogP contribution in [0.4, 0.5) is 0 Å². The lowest BCUT2D eigenvalue weighted by Gasteiger charge is -2.12. The summed E-state index contributed by atoms with van der Waals surface area (Å²) in [7, 11) is 1.80. The minimum atomic E-state index is -0.137. The maximum absolute atomic E-state index is 12.4. The summed E-state index contributed by atoms with van der Waals surface area (Å²) < 4.78 is 1.65. The molecule has 1 aromatic carbocycles. The molecule has 1 saturated carbocycles. The number of aliphatic hydroxyl groups is 1. The summed E-state index contributed by atoms with van der Waals surface area (Å²) in [6.07, 6.45) is 3.68. The second-order valence-electron chi connectivity index (χ2n) is 5.77. The molecule has 5 nitrogen and oxygen atoms in total. The molecule has 1 aliphatic carbocycles. The highest BCUT2D eigenvalue weighted by Gasteiger charge is 2.42. The van der Waals surface area contributed by atoms with Crippen LogP contribution in [0.25, 0.3) is 11.3 Å². The van der Waals surface area contributed by atoms with Gasteiger partial charge in [-0.25, -0.2) is 0 Å². The van der Waals surface area contributed by atoms with Gasteiger partial charge in [0.05, 0.1) is 12.2 Å². The smallest absolute Gasteiger partial charge is 0.255 e. The topological polar surface area (TPSA) is 67.2 Å². The number of amides is 1. The number of aryl methyl sites for hydroxylation is 1. The van der Waals surface area contributed by atoms with Crippen LogP contribution in [0, 0.1) is 5.41 Å². The number of hydrogen-bond donors (Lipinski definition) is 2. The Hall–Kier alpha value is -2.14. The van der Waals surface area contributed by atoms with E-state index in [4.69, 9.17) is 0 Å². The van der Waals surface area contributed by atoms with E-state index in [1.807, 2.05) is 30.3 Å². The molecular formula is C16H19N3O2. The van der Waals surface area contributed by atoms with E-state index in [1.54, 1.807) is 17.9 Å². The van der Waals surface area contributed by atoms with Gasteiger partial charge in [0.2, 0.25) is 0 Å². The van der Waals surface area contributed by atoms with E-state index in [9.17, 15) is 9.90 Å². The van der Waals surface area contributed by atoms with Crippen molar-refractivity contribution < 1.29 is 9.90 Å². The normalized spacial score (nSPS) is 15.7. The molecule has 5 heteroatoms. The van der Waals surface area contributed by atoms with Gasteiger partial charge >= 0.3 is 0 Å². The highest BCUT2D eigenvalue weighted by Crippen LogP contribution is 2.44. The Morgan fingerprint density at radius 3 is 2.71 bits per heavy atom. The molecule has 1 amide bonds. The second kappa shape index (κ2) is 5.33. The largest absolute Gasteiger partial charge is 0.396 e. The lowest BCUT2D eigenvalue weighted by Crippen LogP contribution is -2.31. The van der Waals surface area contributed by atoms with Crippen molar-refractivity contribution in [1.82, 2.24) is 15.1 Å². The molecule has 0 aliphatic heterocycles. The number of aliphatic hydroxyl groups excluding tert-OH is 1. The number of rotatable bonds is 5. The van der Waals surface area contributed by atoms with Crippen LogP contribution in [-0.2, 0) is 7.05 Å². The standard InChI is InChI=1S/C16H19N3O2/c1-19-9-13(14(18-19)12-5-3-2-4-6-12)15(21)17-10-16(11-20)7-8-16/h2-6,9,20H,7-8,10-11H2,1H3,(H,17,21). The van der Waals surface area contributed by atoms with Crippen molar-refractivity contribution in [3.63, 3.8) is 0 Å². The maximum atomic E-state index is 12.4. The van der Waals surface area contributed by atoms with Crippen LogP contribution < -0.4 is 5.32 Å². The van der Waals surface area contributed by atoms with Crippen LogP contribution in [0.1, 0.15) is 23.2 Å². The zero-order valence-electron chi connectivity index (χ0n) is 12.0. The maximum Gasteiger partial charge on any atom is 0.255 e. The summed E-state index contributed by atoms with van der Waals surface area (Å²) in [5, 5.41) is 16.6. The third kappa shape index (κ3) is 2.83. The van der Waals surface area contributed by atoms with E-state index in [0.717, 1.165) is 18.4 Å². The predicted octanol–water partition coefficient (Wildman–Crippen LogP) is 1.59. The first-order valence-electron chi connectivity index (χ1n) is 7.12. The second-order valence-corrected chi connectivity index (χ2v) is 5.77. The van der Waals surface area contributed by atoms with Crippen LogP contribution in [-0.4, -0.2) is 33.9 Å². The molecule has 2 aromatic rings. The van der Waals surface area contributed by atoms with Gasteiger partial charge in [-0.2, -0.15) is 5.10 Å². The highest BCUT2D eigenvalue weighted by molar-refractivity contribution is 5.99. The van der Waals surface area contributed by atoms with Crippen molar-refractivity contribution in [3.05, 3.63) is 42.1 Å². The van der Waals surface area contributed by atoms with Crippen LogP contribution in [0.3, 0.4) is 0 Å². The summed E-state index contributed by atoms with van der Waals surface area (Å²) in [4.78, 5) is 12.4. The minimum absolute atomic E-state index is 0.0925. The Labute approximate surface area is 123 Å². The number of carbonyl (C=O) groups is 1. The van der Waals surface area contributed by atoms with E-state index in [1.165, 1.54) is 0 Å². The Morgan fingerprint density at radius 1 is 1.38 bits per heavy atom. The van der Waals surface area contributed by atoms with E-state index in [0.29, 0.717) is 17.8 Å². The summed E-state index contributed by atoms with van der Waals surface area (Å²) in [5.74, 6) is -0.137. The first-order chi connectivity index (χ1) is 10.1. The first kappa shape index (κ1) is 13.8. The van der Waals surface area contributed by atoms with Crippen molar-refractivity contribution in [2.45, 2.75) is 12.8 Å². The molecule has 110 valence electrons. The Bertz CT molecular complexity index is 645. The molecule has 1 aliphatic rings. The summed E-state index contributed by atoms with van der Waals surface area (Å²) in [5.41, 5.74) is 2.08. The van der Waals surface area contributed by atoms with Gasteiger partial charge in [-0.15, -0.1) is 0 Å². The summed E-state index contributed by atoms with van der Waals surface area (Å²) >= 11 is 0. The molecule has 0 saturated heterocycles. The van der Waals surface area contributed by atoms with Crippen LogP contribution in [0.5, 0.6) is 0 Å². The molecule has 1 aromatic heterocycles. The Balaban J connectivity index is 1.80. The average Bonchev–Trinajstić information content (AvgIpc) is 3.20. The van der Waals surface area contributed by atoms with Crippen LogP contribution in [0.15, 0.2) is 36.5 Å². The van der Waals surface area contributed by atoms with Gasteiger partial charge in [-0.3, -0.25) is 9.48 Å². The molecule has 0 unspecified atom stereocenters. The number of nitrogens with one attached hydrogen (secondary N) is 1. The first-order valence-corrected chi connectivity index (χ1v) is 7.12. The van der Waals surface area contributed by atoms with Crippen LogP contribution in [0.2, 0.25) is 0 Å². The molecule has 1 heterocycles. The van der Waals surface area contributed by atoms with Crippen molar-refractivity contribution in [3.8, 4) is 11.3 Å². The van der Waals surface area contributed by atoms with Crippen molar-refractivity contribution in [2.24, 2.45) is 12.5 Å². The molecule has 0 radical (unpaired) electrons. The monoisotopic (exact) mass is 285 g/mol. The Kier molecular flexibility index (Phi) is 3.51. The van der Waals surface area contributed by atoms with Crippen LogP contribution >= 0.6 is 0 Å². The molecule has 0 atom stereocenters. The number of carbonyl (C=O) groups excluding carboxylic acids is 1. The number of nitrogens with zero attached hydrogens (tertiary/aromatic N) is 2. The van der Waals surface area contributed by atoms with Gasteiger partial charge in [0, 0.05) is 30.8 Å². The summed E-state index contributed by atoms with van der Waals surface area (Å²) in [6.45, 7) is 0.650. The quantitative estimate of drug-likeness (QED) is 0.876. The molecule has 2 N–H and O–H groups in total. The number of hydrogen-bond acceptors (Lipinski definition) is 3. The van der Waals surface area contributed by atoms with Crippen molar-refractivity contribution in [1.29, 1.82) is 0 Å². The fourth-order valence-electron chi connectivity index (χ4n) is 2.39. The van der Waals surface area contributed by atoms with Crippen molar-refractivity contribution >= 4 is 5.91 Å². The van der Waals surface area contributed by atoms with Gasteiger partial charge in [-0.1, -0.05) is 30.3 Å². The van der Waals surface area contributed by atoms with E-state index >= 15 is 0 Å². The van der Waals surface area contributed by atoms with Gasteiger partial charge < -0.3 is 10.4 Å². The molecule has 21 heavy (non-hydrogen) atoms. The molecule has 0 bridgehead atoms. The number of aromatic nitrogens is 2. The zero-order valence-corrected chi connectivity index (χ0v) is 12.0. The van der Waals surface area contributed by atoms with Gasteiger partial charge in [0.15, 0.2) is 0 Å². The summed E-state index contributed by atoms with van der Waals surface area (Å²) in [6, 6.07) is 9.67. The predicted molar refractivity (Wildman–Crippen MR) is 79.7 cm³/mol. The average molecular weight is 285 g/mol. The third-order valence-electron chi connectivity index (χ3n) is 4.04. The number of benzene rings is 1. The van der Waals surface area contributed by atoms with Crippen molar-refractivity contribution in [2.75, 3.05) is 13.2 Å². The lowest BCUT2D eigenvalue weighted by atomic mass is 10.1. The zero-order chi connectivity index (χ0) is 14.9. The van der Waals surface area contributed by atoms with Gasteiger partial charge in [-0.05, 0) is 12.8 Å². The molecule has 1 fully saturated rings. The van der Waals surface area contributed by atoms with E-state index in [-0.39, 0.29) is 17.9 Å². The SMILES string of the molecule is Cn1cc(C(=O)NCC2(CO)CC2)c(-c2ccccc2)n1. The minimum Gasteiger partial charge on any atom is -0.396 e. The third-order valence-corrected chi connectivity index (χ3v) is 4.04. The lowest BCUT2D eigenvalue weighted by molar-refractivity contribution is 0.0936. The van der Waals surface area contributed by atoms with E-state index in [2.05, 4.69) is 10.4 Å². The van der Waals surface area contributed by atoms with E-state index < -0.39 is 0 Å². The molecule has 0 spiro atoms.